The number of nitrogens with zero attached hydrogens (tertiary/aromatic N) is 1. The molecule has 2 heteroatoms. The fourth-order valence-corrected chi connectivity index (χ4v) is 3.73. The minimum Gasteiger partial charge on any atom is -0.314 e. The number of piperazine rings is 1. The van der Waals surface area contributed by atoms with Crippen molar-refractivity contribution in [3.8, 4) is 0 Å². The Kier molecular flexibility index (Phi) is 4.52. The molecule has 1 atom stereocenters. The molecule has 3 rings (SSSR count). The van der Waals surface area contributed by atoms with Gasteiger partial charge >= 0.3 is 0 Å². The summed E-state index contributed by atoms with van der Waals surface area (Å²) in [6.45, 7) is 3.48. The SMILES string of the molecule is c1ccc(C2CNCCN2C2CCCCCC2)cc1. The molecule has 1 unspecified atom stereocenters. The third-order valence-corrected chi connectivity index (χ3v) is 4.76. The summed E-state index contributed by atoms with van der Waals surface area (Å²) in [5.74, 6) is 0. The van der Waals surface area contributed by atoms with Crippen molar-refractivity contribution in [3.05, 3.63) is 35.9 Å². The monoisotopic (exact) mass is 258 g/mol. The second-order valence-corrected chi connectivity index (χ2v) is 6.01. The van der Waals surface area contributed by atoms with Gasteiger partial charge in [-0.25, -0.2) is 0 Å². The predicted molar refractivity (Wildman–Crippen MR) is 80.2 cm³/mol. The third-order valence-electron chi connectivity index (χ3n) is 4.76. The summed E-state index contributed by atoms with van der Waals surface area (Å²) in [6.07, 6.45) is 8.55. The molecule has 19 heavy (non-hydrogen) atoms. The van der Waals surface area contributed by atoms with Gasteiger partial charge in [0.15, 0.2) is 0 Å². The van der Waals surface area contributed by atoms with Gasteiger partial charge in [0.25, 0.3) is 0 Å². The van der Waals surface area contributed by atoms with E-state index in [2.05, 4.69) is 40.5 Å². The lowest BCUT2D eigenvalue weighted by Gasteiger charge is -2.41. The van der Waals surface area contributed by atoms with Gasteiger partial charge in [-0.3, -0.25) is 4.90 Å². The topological polar surface area (TPSA) is 15.3 Å². The summed E-state index contributed by atoms with van der Waals surface area (Å²) in [5, 5.41) is 3.58. The van der Waals surface area contributed by atoms with Gasteiger partial charge in [0.2, 0.25) is 0 Å². The standard InChI is InChI=1S/C17H26N2/c1-2-7-11-16(10-6-1)19-13-12-18-14-17(19)15-8-4-3-5-9-15/h3-5,8-9,16-18H,1-2,6-7,10-14H2. The summed E-state index contributed by atoms with van der Waals surface area (Å²) in [6, 6.07) is 12.5. The lowest BCUT2D eigenvalue weighted by molar-refractivity contribution is 0.0956. The summed E-state index contributed by atoms with van der Waals surface area (Å²) < 4.78 is 0. The molecule has 1 saturated carbocycles. The predicted octanol–water partition coefficient (Wildman–Crippen LogP) is 3.36. The number of benzene rings is 1. The summed E-state index contributed by atoms with van der Waals surface area (Å²) in [7, 11) is 0. The molecule has 0 amide bonds. The third kappa shape index (κ3) is 3.18. The molecule has 0 spiro atoms. The van der Waals surface area contributed by atoms with Crippen LogP contribution >= 0.6 is 0 Å². The van der Waals surface area contributed by atoms with E-state index in [4.69, 9.17) is 0 Å². The highest BCUT2D eigenvalue weighted by atomic mass is 15.2. The highest BCUT2D eigenvalue weighted by molar-refractivity contribution is 5.20. The van der Waals surface area contributed by atoms with Crippen molar-refractivity contribution in [2.75, 3.05) is 19.6 Å². The van der Waals surface area contributed by atoms with E-state index in [0.717, 1.165) is 19.1 Å². The van der Waals surface area contributed by atoms with Crippen LogP contribution in [0.3, 0.4) is 0 Å². The molecule has 2 fully saturated rings. The van der Waals surface area contributed by atoms with Crippen LogP contribution in [0, 0.1) is 0 Å². The van der Waals surface area contributed by atoms with Crippen LogP contribution < -0.4 is 5.32 Å². The zero-order valence-corrected chi connectivity index (χ0v) is 11.9. The second-order valence-electron chi connectivity index (χ2n) is 6.01. The van der Waals surface area contributed by atoms with Crippen LogP contribution in [0.2, 0.25) is 0 Å². The van der Waals surface area contributed by atoms with Crippen molar-refractivity contribution in [1.82, 2.24) is 10.2 Å². The lowest BCUT2D eigenvalue weighted by atomic mass is 9.98. The maximum Gasteiger partial charge on any atom is 0.0476 e. The Morgan fingerprint density at radius 3 is 2.42 bits per heavy atom. The number of nitrogens with one attached hydrogen (secondary N) is 1. The van der Waals surface area contributed by atoms with E-state index in [1.54, 1.807) is 0 Å². The zero-order valence-electron chi connectivity index (χ0n) is 11.9. The molecule has 0 radical (unpaired) electrons. The zero-order chi connectivity index (χ0) is 12.9. The number of rotatable bonds is 2. The van der Waals surface area contributed by atoms with Crippen molar-refractivity contribution in [1.29, 1.82) is 0 Å². The summed E-state index contributed by atoms with van der Waals surface area (Å²) in [5.41, 5.74) is 1.49. The van der Waals surface area contributed by atoms with E-state index in [-0.39, 0.29) is 0 Å². The maximum atomic E-state index is 3.58. The number of hydrogen-bond donors (Lipinski definition) is 1. The van der Waals surface area contributed by atoms with Crippen molar-refractivity contribution >= 4 is 0 Å². The fourth-order valence-electron chi connectivity index (χ4n) is 3.73. The van der Waals surface area contributed by atoms with Crippen LogP contribution in [0.25, 0.3) is 0 Å². The minimum atomic E-state index is 0.582. The van der Waals surface area contributed by atoms with Gasteiger partial charge < -0.3 is 5.32 Å². The van der Waals surface area contributed by atoms with Crippen LogP contribution in [-0.2, 0) is 0 Å². The van der Waals surface area contributed by atoms with Crippen LogP contribution in [-0.4, -0.2) is 30.6 Å². The smallest absolute Gasteiger partial charge is 0.0476 e. The van der Waals surface area contributed by atoms with Gasteiger partial charge in [-0.1, -0.05) is 56.0 Å². The van der Waals surface area contributed by atoms with Gasteiger partial charge in [-0.05, 0) is 18.4 Å². The average molecular weight is 258 g/mol. The average Bonchev–Trinajstić information content (AvgIpc) is 2.77. The Bertz CT molecular complexity index is 368. The van der Waals surface area contributed by atoms with E-state index in [0.29, 0.717) is 6.04 Å². The Morgan fingerprint density at radius 2 is 1.68 bits per heavy atom. The first-order valence-corrected chi connectivity index (χ1v) is 7.96. The van der Waals surface area contributed by atoms with Crippen molar-refractivity contribution in [2.24, 2.45) is 0 Å². The quantitative estimate of drug-likeness (QED) is 0.818. The van der Waals surface area contributed by atoms with Gasteiger partial charge in [-0.15, -0.1) is 0 Å². The molecule has 1 aliphatic carbocycles. The largest absolute Gasteiger partial charge is 0.314 e. The molecule has 1 heterocycles. The first-order valence-electron chi connectivity index (χ1n) is 7.96. The Morgan fingerprint density at radius 1 is 0.947 bits per heavy atom. The lowest BCUT2D eigenvalue weighted by Crippen LogP contribution is -2.50. The molecule has 1 aromatic rings. The Hall–Kier alpha value is -0.860. The second kappa shape index (κ2) is 6.53. The van der Waals surface area contributed by atoms with E-state index in [9.17, 15) is 0 Å². The molecule has 104 valence electrons. The minimum absolute atomic E-state index is 0.582. The van der Waals surface area contributed by atoms with E-state index < -0.39 is 0 Å². The first-order chi connectivity index (χ1) is 9.45. The maximum absolute atomic E-state index is 3.58. The molecular formula is C17H26N2. The normalized spacial score (nSPS) is 27.1. The Balaban J connectivity index is 1.76. The highest BCUT2D eigenvalue weighted by Gasteiger charge is 2.29. The number of hydrogen-bond acceptors (Lipinski definition) is 2. The highest BCUT2D eigenvalue weighted by Crippen LogP contribution is 2.30. The van der Waals surface area contributed by atoms with E-state index in [1.165, 1.54) is 50.6 Å². The van der Waals surface area contributed by atoms with E-state index in [1.807, 2.05) is 0 Å². The molecule has 2 nitrogen and oxygen atoms in total. The summed E-state index contributed by atoms with van der Waals surface area (Å²) in [4.78, 5) is 2.79. The molecule has 1 aliphatic heterocycles. The molecule has 1 aromatic carbocycles. The van der Waals surface area contributed by atoms with Crippen LogP contribution in [0.15, 0.2) is 30.3 Å². The van der Waals surface area contributed by atoms with Crippen LogP contribution in [0.4, 0.5) is 0 Å². The first kappa shape index (κ1) is 13.1. The van der Waals surface area contributed by atoms with Crippen LogP contribution in [0.5, 0.6) is 0 Å². The molecule has 0 bridgehead atoms. The molecule has 2 aliphatic rings. The van der Waals surface area contributed by atoms with Crippen molar-refractivity contribution in [3.63, 3.8) is 0 Å². The molecule has 0 aromatic heterocycles. The summed E-state index contributed by atoms with van der Waals surface area (Å²) >= 11 is 0. The molecule has 1 saturated heterocycles. The van der Waals surface area contributed by atoms with Gasteiger partial charge in [0.1, 0.15) is 0 Å². The van der Waals surface area contributed by atoms with E-state index >= 15 is 0 Å². The van der Waals surface area contributed by atoms with Crippen molar-refractivity contribution < 1.29 is 0 Å². The Labute approximate surface area is 117 Å². The molecular weight excluding hydrogens is 232 g/mol. The molecule has 1 N–H and O–H groups in total. The van der Waals surface area contributed by atoms with Gasteiger partial charge in [0.05, 0.1) is 0 Å². The van der Waals surface area contributed by atoms with Crippen LogP contribution in [0.1, 0.15) is 50.1 Å². The van der Waals surface area contributed by atoms with Gasteiger partial charge in [0, 0.05) is 31.7 Å². The van der Waals surface area contributed by atoms with Crippen molar-refractivity contribution in [2.45, 2.75) is 50.6 Å². The van der Waals surface area contributed by atoms with Gasteiger partial charge in [-0.2, -0.15) is 0 Å². The fraction of sp³-hybridized carbons (Fsp3) is 0.647.